The topological polar surface area (TPSA) is 38.5 Å². The number of nitrogens with two attached hydrogens (primary N) is 1. The molecule has 0 aromatic heterocycles. The molecular formula is C14H28N2O. The van der Waals surface area contributed by atoms with Gasteiger partial charge in [0, 0.05) is 25.7 Å². The summed E-state index contributed by atoms with van der Waals surface area (Å²) in [5.41, 5.74) is 6.73. The van der Waals surface area contributed by atoms with Crippen molar-refractivity contribution in [3.05, 3.63) is 0 Å². The van der Waals surface area contributed by atoms with E-state index >= 15 is 0 Å². The van der Waals surface area contributed by atoms with E-state index in [4.69, 9.17) is 10.5 Å². The van der Waals surface area contributed by atoms with E-state index in [-0.39, 0.29) is 0 Å². The molecule has 1 aliphatic heterocycles. The van der Waals surface area contributed by atoms with E-state index in [1.807, 2.05) is 7.11 Å². The average Bonchev–Trinajstić information content (AvgIpc) is 2.56. The lowest BCUT2D eigenvalue weighted by Crippen LogP contribution is -2.54. The van der Waals surface area contributed by atoms with Gasteiger partial charge in [-0.25, -0.2) is 0 Å². The molecule has 1 saturated heterocycles. The molecule has 3 heteroatoms. The van der Waals surface area contributed by atoms with Crippen LogP contribution in [0.25, 0.3) is 0 Å². The van der Waals surface area contributed by atoms with Crippen molar-refractivity contribution in [1.29, 1.82) is 0 Å². The second kappa shape index (κ2) is 4.87. The first-order valence-electron chi connectivity index (χ1n) is 6.98. The molecule has 2 aliphatic rings. The van der Waals surface area contributed by atoms with Crippen LogP contribution in [0.4, 0.5) is 0 Å². The van der Waals surface area contributed by atoms with E-state index in [1.54, 1.807) is 0 Å². The van der Waals surface area contributed by atoms with Gasteiger partial charge in [0.2, 0.25) is 0 Å². The van der Waals surface area contributed by atoms with E-state index in [9.17, 15) is 0 Å². The summed E-state index contributed by atoms with van der Waals surface area (Å²) in [7, 11) is 1.84. The van der Waals surface area contributed by atoms with Gasteiger partial charge in [-0.1, -0.05) is 20.8 Å². The minimum Gasteiger partial charge on any atom is -0.380 e. The van der Waals surface area contributed by atoms with Crippen LogP contribution in [0.1, 0.15) is 40.0 Å². The van der Waals surface area contributed by atoms with Gasteiger partial charge < -0.3 is 10.5 Å². The maximum Gasteiger partial charge on any atom is 0.0724 e. The molecule has 1 heterocycles. The Hall–Kier alpha value is -0.120. The van der Waals surface area contributed by atoms with Crippen LogP contribution in [0.3, 0.4) is 0 Å². The van der Waals surface area contributed by atoms with Crippen LogP contribution in [-0.2, 0) is 4.74 Å². The maximum absolute atomic E-state index is 6.43. The molecular weight excluding hydrogens is 212 g/mol. The normalized spacial score (nSPS) is 42.9. The van der Waals surface area contributed by atoms with Crippen molar-refractivity contribution in [2.45, 2.75) is 58.2 Å². The number of likely N-dealkylation sites (tertiary alicyclic amines) is 1. The van der Waals surface area contributed by atoms with Gasteiger partial charge in [-0.2, -0.15) is 0 Å². The minimum atomic E-state index is 0.302. The van der Waals surface area contributed by atoms with Crippen LogP contribution in [-0.4, -0.2) is 43.3 Å². The largest absolute Gasteiger partial charge is 0.380 e. The molecule has 4 unspecified atom stereocenters. The molecule has 2 rings (SSSR count). The predicted octanol–water partition coefficient (Wildman–Crippen LogP) is 1.86. The summed E-state index contributed by atoms with van der Waals surface area (Å²) in [6.07, 6.45) is 4.13. The van der Waals surface area contributed by atoms with Gasteiger partial charge in [0.15, 0.2) is 0 Å². The Morgan fingerprint density at radius 3 is 2.53 bits per heavy atom. The SMILES string of the molecule is COC1CN(C2CCC(C)(C)C2N)CCC1C. The third kappa shape index (κ3) is 2.51. The predicted molar refractivity (Wildman–Crippen MR) is 70.9 cm³/mol. The summed E-state index contributed by atoms with van der Waals surface area (Å²) in [6.45, 7) is 9.15. The van der Waals surface area contributed by atoms with Crippen molar-refractivity contribution >= 4 is 0 Å². The molecule has 100 valence electrons. The Kier molecular flexibility index (Phi) is 3.81. The Morgan fingerprint density at radius 1 is 1.29 bits per heavy atom. The molecule has 0 spiro atoms. The monoisotopic (exact) mass is 240 g/mol. The third-order valence-electron chi connectivity index (χ3n) is 5.09. The molecule has 0 aromatic rings. The minimum absolute atomic E-state index is 0.302. The van der Waals surface area contributed by atoms with Gasteiger partial charge >= 0.3 is 0 Å². The first kappa shape index (κ1) is 13.3. The van der Waals surface area contributed by atoms with Crippen molar-refractivity contribution in [2.75, 3.05) is 20.2 Å². The number of methoxy groups -OCH3 is 1. The molecule has 17 heavy (non-hydrogen) atoms. The van der Waals surface area contributed by atoms with E-state index in [2.05, 4.69) is 25.7 Å². The molecule has 1 aliphatic carbocycles. The van der Waals surface area contributed by atoms with E-state index in [1.165, 1.54) is 25.8 Å². The van der Waals surface area contributed by atoms with Crippen molar-refractivity contribution < 1.29 is 4.74 Å². The summed E-state index contributed by atoms with van der Waals surface area (Å²) in [6, 6.07) is 0.878. The van der Waals surface area contributed by atoms with Crippen molar-refractivity contribution in [3.8, 4) is 0 Å². The fourth-order valence-electron chi connectivity index (χ4n) is 3.46. The molecule has 4 atom stereocenters. The lowest BCUT2D eigenvalue weighted by Gasteiger charge is -2.42. The Morgan fingerprint density at radius 2 is 2.00 bits per heavy atom. The van der Waals surface area contributed by atoms with Gasteiger partial charge in [0.25, 0.3) is 0 Å². The second-order valence-corrected chi connectivity index (χ2v) is 6.66. The van der Waals surface area contributed by atoms with Gasteiger partial charge in [-0.3, -0.25) is 4.90 Å². The third-order valence-corrected chi connectivity index (χ3v) is 5.09. The van der Waals surface area contributed by atoms with Crippen molar-refractivity contribution in [3.63, 3.8) is 0 Å². The molecule has 0 bridgehead atoms. The fraction of sp³-hybridized carbons (Fsp3) is 1.00. The zero-order chi connectivity index (χ0) is 12.6. The smallest absolute Gasteiger partial charge is 0.0724 e. The van der Waals surface area contributed by atoms with Gasteiger partial charge in [-0.05, 0) is 37.1 Å². The molecule has 0 amide bonds. The van der Waals surface area contributed by atoms with Crippen LogP contribution in [0.5, 0.6) is 0 Å². The molecule has 2 N–H and O–H groups in total. The van der Waals surface area contributed by atoms with Gasteiger partial charge in [-0.15, -0.1) is 0 Å². The number of rotatable bonds is 2. The highest BCUT2D eigenvalue weighted by Gasteiger charge is 2.43. The zero-order valence-corrected chi connectivity index (χ0v) is 11.8. The summed E-state index contributed by atoms with van der Waals surface area (Å²) in [5, 5.41) is 0. The second-order valence-electron chi connectivity index (χ2n) is 6.66. The summed E-state index contributed by atoms with van der Waals surface area (Å²) in [5.74, 6) is 0.682. The first-order valence-corrected chi connectivity index (χ1v) is 6.98. The molecule has 0 radical (unpaired) electrons. The number of piperidine rings is 1. The average molecular weight is 240 g/mol. The molecule has 1 saturated carbocycles. The first-order chi connectivity index (χ1) is 7.95. The lowest BCUT2D eigenvalue weighted by molar-refractivity contribution is -0.0219. The maximum atomic E-state index is 6.43. The quantitative estimate of drug-likeness (QED) is 0.800. The fourth-order valence-corrected chi connectivity index (χ4v) is 3.46. The van der Waals surface area contributed by atoms with Crippen molar-refractivity contribution in [2.24, 2.45) is 17.1 Å². The van der Waals surface area contributed by atoms with E-state index in [0.717, 1.165) is 6.54 Å². The molecule has 3 nitrogen and oxygen atoms in total. The van der Waals surface area contributed by atoms with Crippen LogP contribution in [0, 0.1) is 11.3 Å². The van der Waals surface area contributed by atoms with Crippen LogP contribution < -0.4 is 5.73 Å². The van der Waals surface area contributed by atoms with Crippen molar-refractivity contribution in [1.82, 2.24) is 4.90 Å². The number of nitrogens with zero attached hydrogens (tertiary/aromatic N) is 1. The van der Waals surface area contributed by atoms with Crippen LogP contribution in [0.15, 0.2) is 0 Å². The highest BCUT2D eigenvalue weighted by Crippen LogP contribution is 2.39. The summed E-state index contributed by atoms with van der Waals surface area (Å²) in [4.78, 5) is 2.58. The Labute approximate surface area is 106 Å². The van der Waals surface area contributed by atoms with Gasteiger partial charge in [0.1, 0.15) is 0 Å². The molecule has 0 aromatic carbocycles. The van der Waals surface area contributed by atoms with Gasteiger partial charge in [0.05, 0.1) is 6.10 Å². The van der Waals surface area contributed by atoms with E-state index in [0.29, 0.717) is 29.5 Å². The lowest BCUT2D eigenvalue weighted by atomic mass is 9.86. The van der Waals surface area contributed by atoms with E-state index < -0.39 is 0 Å². The summed E-state index contributed by atoms with van der Waals surface area (Å²) >= 11 is 0. The standard InChI is InChI=1S/C14H28N2O/c1-10-6-8-16(9-12(10)17-4)11-5-7-14(2,3)13(11)15/h10-13H,5-9,15H2,1-4H3. The van der Waals surface area contributed by atoms with Crippen LogP contribution >= 0.6 is 0 Å². The Bertz CT molecular complexity index is 267. The number of hydrogen-bond acceptors (Lipinski definition) is 3. The number of hydrogen-bond donors (Lipinski definition) is 1. The highest BCUT2D eigenvalue weighted by atomic mass is 16.5. The van der Waals surface area contributed by atoms with Crippen LogP contribution in [0.2, 0.25) is 0 Å². The Balaban J connectivity index is 2.00. The number of ether oxygens (including phenoxy) is 1. The summed E-state index contributed by atoms with van der Waals surface area (Å²) < 4.78 is 5.60. The highest BCUT2D eigenvalue weighted by molar-refractivity contribution is 5.00. The zero-order valence-electron chi connectivity index (χ0n) is 11.8. The molecule has 2 fully saturated rings.